The lowest BCUT2D eigenvalue weighted by atomic mass is 10.1. The fourth-order valence-electron chi connectivity index (χ4n) is 1.70. The molecule has 0 amide bonds. The van der Waals surface area contributed by atoms with Crippen LogP contribution in [0.4, 0.5) is 5.69 Å². The molecule has 0 aliphatic rings. The topological polar surface area (TPSA) is 79.4 Å². The summed E-state index contributed by atoms with van der Waals surface area (Å²) in [7, 11) is 0. The Morgan fingerprint density at radius 1 is 1.39 bits per heavy atom. The minimum atomic E-state index is -0.703. The Morgan fingerprint density at radius 2 is 2.17 bits per heavy atom. The van der Waals surface area contributed by atoms with Gasteiger partial charge in [-0.15, -0.1) is 11.8 Å². The molecule has 2 aromatic rings. The number of nitrogens with two attached hydrogens (primary N) is 1. The Balaban J connectivity index is 2.38. The number of hydrogen-bond acceptors (Lipinski definition) is 5. The third kappa shape index (κ3) is 2.75. The standard InChI is InChI=1S/C13H16N2O2S/c1-8-4-10-11(5-15-8)12(14)2-3-13(10)18-7-9(17)6-16/h2-5,9,16-17H,6-7,14H2,1H3. The first-order chi connectivity index (χ1) is 8.61. The highest BCUT2D eigenvalue weighted by Gasteiger charge is 2.08. The van der Waals surface area contributed by atoms with Crippen LogP contribution in [-0.2, 0) is 0 Å². The number of aromatic nitrogens is 1. The summed E-state index contributed by atoms with van der Waals surface area (Å²) in [5.74, 6) is 0.455. The van der Waals surface area contributed by atoms with Crippen molar-refractivity contribution in [3.63, 3.8) is 0 Å². The lowest BCUT2D eigenvalue weighted by molar-refractivity contribution is 0.113. The Morgan fingerprint density at radius 3 is 2.89 bits per heavy atom. The first-order valence-electron chi connectivity index (χ1n) is 5.68. The Bertz CT molecular complexity index is 560. The minimum Gasteiger partial charge on any atom is -0.398 e. The van der Waals surface area contributed by atoms with Crippen molar-refractivity contribution in [1.82, 2.24) is 4.98 Å². The van der Waals surface area contributed by atoms with E-state index >= 15 is 0 Å². The molecule has 1 aromatic carbocycles. The predicted octanol–water partition coefficient (Wildman–Crippen LogP) is 1.57. The summed E-state index contributed by atoms with van der Waals surface area (Å²) in [6, 6.07) is 5.76. The highest BCUT2D eigenvalue weighted by molar-refractivity contribution is 7.99. The van der Waals surface area contributed by atoms with Crippen LogP contribution in [0.1, 0.15) is 5.69 Å². The van der Waals surface area contributed by atoms with E-state index in [2.05, 4.69) is 4.98 Å². The molecule has 18 heavy (non-hydrogen) atoms. The number of aliphatic hydroxyl groups is 2. The van der Waals surface area contributed by atoms with Crippen LogP contribution in [0.15, 0.2) is 29.3 Å². The zero-order valence-corrected chi connectivity index (χ0v) is 10.9. The van der Waals surface area contributed by atoms with Crippen molar-refractivity contribution in [2.75, 3.05) is 18.1 Å². The number of rotatable bonds is 4. The SMILES string of the molecule is Cc1cc2c(SCC(O)CO)ccc(N)c2cn1. The van der Waals surface area contributed by atoms with Crippen LogP contribution >= 0.6 is 11.8 Å². The van der Waals surface area contributed by atoms with Crippen molar-refractivity contribution in [1.29, 1.82) is 0 Å². The molecule has 2 rings (SSSR count). The van der Waals surface area contributed by atoms with Gasteiger partial charge in [-0.3, -0.25) is 4.98 Å². The molecule has 0 radical (unpaired) electrons. The van der Waals surface area contributed by atoms with Crippen molar-refractivity contribution in [3.05, 3.63) is 30.1 Å². The average Bonchev–Trinajstić information content (AvgIpc) is 2.37. The van der Waals surface area contributed by atoms with E-state index in [0.29, 0.717) is 11.4 Å². The first-order valence-corrected chi connectivity index (χ1v) is 6.67. The molecule has 0 bridgehead atoms. The van der Waals surface area contributed by atoms with Gasteiger partial charge in [0.25, 0.3) is 0 Å². The molecule has 0 saturated carbocycles. The van der Waals surface area contributed by atoms with Crippen LogP contribution in [0, 0.1) is 6.92 Å². The number of benzene rings is 1. The Hall–Kier alpha value is -1.30. The molecule has 0 saturated heterocycles. The second-order valence-corrected chi connectivity index (χ2v) is 5.23. The van der Waals surface area contributed by atoms with Gasteiger partial charge in [-0.2, -0.15) is 0 Å². The molecule has 0 aliphatic heterocycles. The summed E-state index contributed by atoms with van der Waals surface area (Å²) < 4.78 is 0. The molecule has 0 spiro atoms. The second kappa shape index (κ2) is 5.56. The van der Waals surface area contributed by atoms with Gasteiger partial charge in [0, 0.05) is 39.0 Å². The number of thioether (sulfide) groups is 1. The zero-order chi connectivity index (χ0) is 13.1. The largest absolute Gasteiger partial charge is 0.398 e. The molecule has 0 fully saturated rings. The van der Waals surface area contributed by atoms with Crippen LogP contribution in [-0.4, -0.2) is 33.7 Å². The van der Waals surface area contributed by atoms with Crippen LogP contribution in [0.5, 0.6) is 0 Å². The zero-order valence-electron chi connectivity index (χ0n) is 10.1. The van der Waals surface area contributed by atoms with Gasteiger partial charge >= 0.3 is 0 Å². The molecule has 1 atom stereocenters. The molecule has 96 valence electrons. The van der Waals surface area contributed by atoms with Crippen LogP contribution in [0.25, 0.3) is 10.8 Å². The number of aryl methyl sites for hydroxylation is 1. The van der Waals surface area contributed by atoms with Gasteiger partial charge in [-0.1, -0.05) is 0 Å². The molecule has 1 heterocycles. The summed E-state index contributed by atoms with van der Waals surface area (Å²) in [4.78, 5) is 5.28. The minimum absolute atomic E-state index is 0.222. The fraction of sp³-hybridized carbons (Fsp3) is 0.308. The molecular formula is C13H16N2O2S. The highest BCUT2D eigenvalue weighted by Crippen LogP contribution is 2.31. The van der Waals surface area contributed by atoms with Crippen molar-refractivity contribution in [2.45, 2.75) is 17.9 Å². The van der Waals surface area contributed by atoms with E-state index in [1.165, 1.54) is 11.8 Å². The summed E-state index contributed by atoms with van der Waals surface area (Å²) in [6.45, 7) is 1.71. The molecule has 1 unspecified atom stereocenters. The molecule has 4 N–H and O–H groups in total. The molecule has 0 aliphatic carbocycles. The van der Waals surface area contributed by atoms with E-state index in [1.807, 2.05) is 25.1 Å². The quantitative estimate of drug-likeness (QED) is 0.577. The molecule has 5 heteroatoms. The van der Waals surface area contributed by atoms with Gasteiger partial charge in [0.05, 0.1) is 12.7 Å². The highest BCUT2D eigenvalue weighted by atomic mass is 32.2. The third-order valence-corrected chi connectivity index (χ3v) is 3.89. The summed E-state index contributed by atoms with van der Waals surface area (Å²) in [5.41, 5.74) is 7.55. The summed E-state index contributed by atoms with van der Waals surface area (Å²) in [6.07, 6.45) is 1.07. The van der Waals surface area contributed by atoms with Gasteiger partial charge in [0.2, 0.25) is 0 Å². The van der Waals surface area contributed by atoms with E-state index in [9.17, 15) is 5.11 Å². The number of anilines is 1. The van der Waals surface area contributed by atoms with E-state index < -0.39 is 6.10 Å². The van der Waals surface area contributed by atoms with E-state index in [0.717, 1.165) is 21.4 Å². The van der Waals surface area contributed by atoms with Gasteiger partial charge < -0.3 is 15.9 Å². The van der Waals surface area contributed by atoms with Crippen LogP contribution in [0.3, 0.4) is 0 Å². The van der Waals surface area contributed by atoms with Crippen LogP contribution in [0.2, 0.25) is 0 Å². The van der Waals surface area contributed by atoms with Crippen molar-refractivity contribution < 1.29 is 10.2 Å². The summed E-state index contributed by atoms with van der Waals surface area (Å²) >= 11 is 1.51. The third-order valence-electron chi connectivity index (χ3n) is 2.67. The molecular weight excluding hydrogens is 248 g/mol. The fourth-order valence-corrected chi connectivity index (χ4v) is 2.67. The lowest BCUT2D eigenvalue weighted by Crippen LogP contribution is -2.14. The van der Waals surface area contributed by atoms with Crippen LogP contribution < -0.4 is 5.73 Å². The number of nitrogens with zero attached hydrogens (tertiary/aromatic N) is 1. The van der Waals surface area contributed by atoms with Gasteiger partial charge in [-0.05, 0) is 25.1 Å². The predicted molar refractivity (Wildman–Crippen MR) is 74.7 cm³/mol. The smallest absolute Gasteiger partial charge is 0.0864 e. The van der Waals surface area contributed by atoms with Gasteiger partial charge in [0.15, 0.2) is 0 Å². The number of hydrogen-bond donors (Lipinski definition) is 3. The maximum atomic E-state index is 9.39. The van der Waals surface area contributed by atoms with Crippen molar-refractivity contribution >= 4 is 28.2 Å². The maximum Gasteiger partial charge on any atom is 0.0864 e. The summed E-state index contributed by atoms with van der Waals surface area (Å²) in [5, 5.41) is 20.2. The van der Waals surface area contributed by atoms with E-state index in [1.54, 1.807) is 6.20 Å². The number of nitrogen functional groups attached to an aromatic ring is 1. The first kappa shape index (κ1) is 13.1. The van der Waals surface area contributed by atoms with E-state index in [-0.39, 0.29) is 6.61 Å². The van der Waals surface area contributed by atoms with Crippen molar-refractivity contribution in [3.8, 4) is 0 Å². The lowest BCUT2D eigenvalue weighted by Gasteiger charge is -2.11. The molecule has 4 nitrogen and oxygen atoms in total. The number of aliphatic hydroxyl groups excluding tert-OH is 2. The molecule has 1 aromatic heterocycles. The van der Waals surface area contributed by atoms with Gasteiger partial charge in [0.1, 0.15) is 0 Å². The number of pyridine rings is 1. The Labute approximate surface area is 110 Å². The van der Waals surface area contributed by atoms with Gasteiger partial charge in [-0.25, -0.2) is 0 Å². The normalized spacial score (nSPS) is 12.8. The number of fused-ring (bicyclic) bond motifs is 1. The van der Waals surface area contributed by atoms with E-state index in [4.69, 9.17) is 10.8 Å². The average molecular weight is 264 g/mol. The monoisotopic (exact) mass is 264 g/mol. The Kier molecular flexibility index (Phi) is 4.06. The van der Waals surface area contributed by atoms with Crippen molar-refractivity contribution in [2.24, 2.45) is 0 Å². The maximum absolute atomic E-state index is 9.39. The second-order valence-electron chi connectivity index (χ2n) is 4.17.